The highest BCUT2D eigenvalue weighted by Crippen LogP contribution is 2.60. The third kappa shape index (κ3) is 4.13. The largest absolute Gasteiger partial charge is 0.466 e. The first-order chi connectivity index (χ1) is 16.7. The van der Waals surface area contributed by atoms with E-state index in [2.05, 4.69) is 40.0 Å². The molecule has 192 valence electrons. The Kier molecular flexibility index (Phi) is 7.45. The number of halogens is 1. The number of aliphatic hydroxyl groups is 1. The van der Waals surface area contributed by atoms with E-state index in [9.17, 15) is 19.5 Å². The van der Waals surface area contributed by atoms with Gasteiger partial charge in [-0.1, -0.05) is 15.9 Å². The molecule has 0 aromatic heterocycles. The topological polar surface area (TPSA) is 108 Å². The average Bonchev–Trinajstić information content (AvgIpc) is 3.44. The summed E-state index contributed by atoms with van der Waals surface area (Å²) >= 11 is 3.61. The van der Waals surface area contributed by atoms with Gasteiger partial charge in [-0.2, -0.15) is 0 Å². The highest BCUT2D eigenvalue weighted by molar-refractivity contribution is 9.09. The number of hydrogen-bond acceptors (Lipinski definition) is 7. The van der Waals surface area contributed by atoms with Crippen LogP contribution in [0.4, 0.5) is 11.4 Å². The van der Waals surface area contributed by atoms with Gasteiger partial charge in [-0.3, -0.25) is 14.4 Å². The summed E-state index contributed by atoms with van der Waals surface area (Å²) in [6.45, 7) is 9.18. The molecule has 3 aliphatic rings. The van der Waals surface area contributed by atoms with Crippen LogP contribution >= 0.6 is 15.9 Å². The molecule has 2 N–H and O–H groups in total. The Hall–Kier alpha value is -2.17. The van der Waals surface area contributed by atoms with E-state index in [0.717, 1.165) is 18.8 Å². The van der Waals surface area contributed by atoms with Crippen LogP contribution in [0, 0.1) is 11.8 Å². The molecule has 7 atom stereocenters. The van der Waals surface area contributed by atoms with Gasteiger partial charge in [0.05, 0.1) is 37.2 Å². The summed E-state index contributed by atoms with van der Waals surface area (Å²) < 4.78 is 11.6. The lowest BCUT2D eigenvalue weighted by atomic mass is 9.70. The van der Waals surface area contributed by atoms with E-state index in [4.69, 9.17) is 9.47 Å². The highest BCUT2D eigenvalue weighted by Gasteiger charge is 2.77. The molecule has 3 fully saturated rings. The van der Waals surface area contributed by atoms with E-state index in [0.29, 0.717) is 12.1 Å². The first kappa shape index (κ1) is 25.9. The molecular weight excluding hydrogens is 518 g/mol. The summed E-state index contributed by atoms with van der Waals surface area (Å²) in [6.07, 6.45) is -0.157. The number of nitrogens with one attached hydrogen (secondary N) is 1. The quantitative estimate of drug-likeness (QED) is 0.357. The molecule has 2 amide bonds. The predicted octanol–water partition coefficient (Wildman–Crippen LogP) is 2.16. The van der Waals surface area contributed by atoms with Crippen molar-refractivity contribution in [2.24, 2.45) is 11.8 Å². The van der Waals surface area contributed by atoms with Gasteiger partial charge < -0.3 is 29.7 Å². The Balaban J connectivity index is 1.66. The van der Waals surface area contributed by atoms with Crippen molar-refractivity contribution in [1.29, 1.82) is 0 Å². The van der Waals surface area contributed by atoms with Crippen LogP contribution in [0.2, 0.25) is 0 Å². The number of hydrogen-bond donors (Lipinski definition) is 2. The van der Waals surface area contributed by atoms with Crippen LogP contribution in [0.1, 0.15) is 34.1 Å². The summed E-state index contributed by atoms with van der Waals surface area (Å²) in [6, 6.07) is 5.94. The van der Waals surface area contributed by atoms with Crippen molar-refractivity contribution in [2.45, 2.75) is 62.7 Å². The number of rotatable bonds is 9. The Morgan fingerprint density at radius 1 is 1.29 bits per heavy atom. The van der Waals surface area contributed by atoms with Crippen LogP contribution in [-0.2, 0) is 23.9 Å². The van der Waals surface area contributed by atoms with Crippen molar-refractivity contribution < 1.29 is 29.0 Å². The Morgan fingerprint density at radius 2 is 1.94 bits per heavy atom. The maximum atomic E-state index is 13.7. The Bertz CT molecular complexity index is 970. The molecule has 1 aromatic carbocycles. The van der Waals surface area contributed by atoms with Gasteiger partial charge in [0.2, 0.25) is 11.8 Å². The molecule has 0 radical (unpaired) electrons. The second-order valence-electron chi connectivity index (χ2n) is 9.40. The molecule has 1 aromatic rings. The van der Waals surface area contributed by atoms with Crippen molar-refractivity contribution in [1.82, 2.24) is 4.90 Å². The number of aliphatic hydroxyl groups excluding tert-OH is 1. The fraction of sp³-hybridized carbons (Fsp3) is 0.640. The van der Waals surface area contributed by atoms with Crippen molar-refractivity contribution in [3.63, 3.8) is 0 Å². The van der Waals surface area contributed by atoms with Gasteiger partial charge in [-0.15, -0.1) is 0 Å². The summed E-state index contributed by atoms with van der Waals surface area (Å²) in [5.74, 6) is -2.90. The molecule has 1 spiro atoms. The lowest BCUT2D eigenvalue weighted by Gasteiger charge is -2.35. The molecule has 9 nitrogen and oxygen atoms in total. The lowest BCUT2D eigenvalue weighted by Crippen LogP contribution is -2.56. The monoisotopic (exact) mass is 551 g/mol. The zero-order valence-corrected chi connectivity index (χ0v) is 22.2. The number of benzene rings is 1. The number of carbonyl (C=O) groups excluding carboxylic acids is 3. The van der Waals surface area contributed by atoms with Crippen molar-refractivity contribution in [2.75, 3.05) is 36.5 Å². The zero-order valence-electron chi connectivity index (χ0n) is 20.6. The zero-order chi connectivity index (χ0) is 25.5. The minimum absolute atomic E-state index is 0.188. The van der Waals surface area contributed by atoms with Crippen LogP contribution in [0.3, 0.4) is 0 Å². The summed E-state index contributed by atoms with van der Waals surface area (Å²) in [4.78, 5) is 43.7. The third-order valence-corrected chi connectivity index (χ3v) is 8.38. The van der Waals surface area contributed by atoms with E-state index in [1.54, 1.807) is 13.8 Å². The summed E-state index contributed by atoms with van der Waals surface area (Å²) in [7, 11) is 0. The standard InChI is InChI=1S/C25H34BrN3O6/c1-5-28(6-2)16-10-8-15(9-11-16)27-22(31)21-25-12-17(26)20(35-25)18(24(33)34-7-3)19(25)23(32)29(21)14(4)13-30/h8-11,14,17-21,30H,5-7,12-13H2,1-4H3,(H,27,31)/t14-,17?,18+,19-,20+,21+,25-/m1/s1. The lowest BCUT2D eigenvalue weighted by molar-refractivity contribution is -0.155. The van der Waals surface area contributed by atoms with E-state index in [1.165, 1.54) is 4.90 Å². The number of carbonyl (C=O) groups is 3. The fourth-order valence-electron chi connectivity index (χ4n) is 5.99. The van der Waals surface area contributed by atoms with Crippen molar-refractivity contribution >= 4 is 45.1 Å². The smallest absolute Gasteiger partial charge is 0.312 e. The minimum atomic E-state index is -1.18. The SMILES string of the molecule is CCOC(=O)[C@@H]1[C@H]2O[C@@]3(CC2Br)[C@H](C(=O)Nc2ccc(N(CC)CC)cc2)N([C@H](C)CO)C(=O)[C@@H]13. The second kappa shape index (κ2) is 10.1. The molecular formula is C25H34BrN3O6. The number of fused-ring (bicyclic) bond motifs is 1. The van der Waals surface area contributed by atoms with E-state index in [-0.39, 0.29) is 23.9 Å². The molecule has 3 heterocycles. The van der Waals surface area contributed by atoms with Crippen LogP contribution in [0.5, 0.6) is 0 Å². The van der Waals surface area contributed by atoms with Gasteiger partial charge in [0.25, 0.3) is 0 Å². The molecule has 1 unspecified atom stereocenters. The number of ether oxygens (including phenoxy) is 2. The van der Waals surface area contributed by atoms with Gasteiger partial charge >= 0.3 is 5.97 Å². The number of anilines is 2. The van der Waals surface area contributed by atoms with Gasteiger partial charge in [0, 0.05) is 29.3 Å². The van der Waals surface area contributed by atoms with Crippen LogP contribution in [0.25, 0.3) is 0 Å². The highest BCUT2D eigenvalue weighted by atomic mass is 79.9. The normalized spacial score (nSPS) is 31.9. The fourth-order valence-corrected chi connectivity index (χ4v) is 6.93. The molecule has 35 heavy (non-hydrogen) atoms. The van der Waals surface area contributed by atoms with E-state index >= 15 is 0 Å². The molecule has 0 aliphatic carbocycles. The number of amides is 2. The molecule has 3 aliphatic heterocycles. The second-order valence-corrected chi connectivity index (χ2v) is 10.6. The summed E-state index contributed by atoms with van der Waals surface area (Å²) in [5, 5.41) is 12.8. The average molecular weight is 552 g/mol. The van der Waals surface area contributed by atoms with Crippen LogP contribution in [0.15, 0.2) is 24.3 Å². The first-order valence-corrected chi connectivity index (χ1v) is 13.2. The van der Waals surface area contributed by atoms with Crippen molar-refractivity contribution in [3.05, 3.63) is 24.3 Å². The van der Waals surface area contributed by atoms with E-state index < -0.39 is 47.5 Å². The molecule has 2 bridgehead atoms. The molecule has 3 saturated heterocycles. The summed E-state index contributed by atoms with van der Waals surface area (Å²) in [5.41, 5.74) is 0.470. The molecule has 0 saturated carbocycles. The van der Waals surface area contributed by atoms with Crippen LogP contribution < -0.4 is 10.2 Å². The Morgan fingerprint density at radius 3 is 2.51 bits per heavy atom. The van der Waals surface area contributed by atoms with Gasteiger partial charge in [-0.05, 0) is 58.4 Å². The molecule has 4 rings (SSSR count). The minimum Gasteiger partial charge on any atom is -0.466 e. The number of alkyl halides is 1. The van der Waals surface area contributed by atoms with Gasteiger partial charge in [-0.25, -0.2) is 0 Å². The Labute approximate surface area is 214 Å². The van der Waals surface area contributed by atoms with E-state index in [1.807, 2.05) is 24.3 Å². The van der Waals surface area contributed by atoms with Crippen LogP contribution in [-0.4, -0.2) is 82.7 Å². The number of nitrogens with zero attached hydrogens (tertiary/aromatic N) is 2. The predicted molar refractivity (Wildman–Crippen MR) is 134 cm³/mol. The van der Waals surface area contributed by atoms with Gasteiger partial charge in [0.1, 0.15) is 11.6 Å². The molecule has 10 heteroatoms. The van der Waals surface area contributed by atoms with Gasteiger partial charge in [0.15, 0.2) is 0 Å². The number of esters is 1. The maximum Gasteiger partial charge on any atom is 0.312 e. The maximum absolute atomic E-state index is 13.7. The first-order valence-electron chi connectivity index (χ1n) is 12.3. The number of likely N-dealkylation sites (tertiary alicyclic amines) is 1. The van der Waals surface area contributed by atoms with Crippen molar-refractivity contribution in [3.8, 4) is 0 Å². The third-order valence-electron chi connectivity index (χ3n) is 7.54.